The van der Waals surface area contributed by atoms with E-state index in [1.807, 2.05) is 41.9 Å². The molecule has 0 spiro atoms. The van der Waals surface area contributed by atoms with E-state index in [-0.39, 0.29) is 19.2 Å². The Labute approximate surface area is 235 Å². The first-order chi connectivity index (χ1) is 18.8. The Morgan fingerprint density at radius 1 is 1.05 bits per heavy atom. The Morgan fingerprint density at radius 2 is 1.72 bits per heavy atom. The van der Waals surface area contributed by atoms with Crippen LogP contribution in [-0.2, 0) is 28.2 Å². The van der Waals surface area contributed by atoms with E-state index < -0.39 is 23.5 Å². The molecule has 11 heteroatoms. The van der Waals surface area contributed by atoms with Crippen molar-refractivity contribution in [2.45, 2.75) is 64.2 Å². The number of hydrogen-bond acceptors (Lipinski definition) is 7. The molecule has 0 radical (unpaired) electrons. The van der Waals surface area contributed by atoms with Crippen LogP contribution in [0.25, 0.3) is 0 Å². The number of nitrogens with one attached hydrogen (secondary N) is 2. The number of benzene rings is 1. The van der Waals surface area contributed by atoms with E-state index in [1.165, 1.54) is 0 Å². The van der Waals surface area contributed by atoms with Crippen LogP contribution in [0.2, 0.25) is 0 Å². The van der Waals surface area contributed by atoms with E-state index in [1.54, 1.807) is 52.7 Å². The van der Waals surface area contributed by atoms with E-state index in [9.17, 15) is 19.5 Å². The fraction of sp³-hybridized carbons (Fsp3) is 0.393. The van der Waals surface area contributed by atoms with Gasteiger partial charge in [0.05, 0.1) is 25.0 Å². The van der Waals surface area contributed by atoms with Crippen LogP contribution in [0.15, 0.2) is 53.2 Å². The molecular weight excluding hydrogens is 538 g/mol. The van der Waals surface area contributed by atoms with E-state index in [2.05, 4.69) is 10.6 Å². The zero-order chi connectivity index (χ0) is 27.8. The molecule has 4 rings (SSSR count). The summed E-state index contributed by atoms with van der Waals surface area (Å²) >= 11 is 3.14. The molecule has 1 aliphatic heterocycles. The second-order valence-electron chi connectivity index (χ2n) is 9.62. The lowest BCUT2D eigenvalue weighted by Gasteiger charge is -2.33. The van der Waals surface area contributed by atoms with Crippen LogP contribution in [0.3, 0.4) is 0 Å². The number of hydrogen-bond donors (Lipinski definition) is 3. The quantitative estimate of drug-likeness (QED) is 0.256. The molecule has 3 N–H and O–H groups in total. The van der Waals surface area contributed by atoms with E-state index in [0.29, 0.717) is 43.0 Å². The van der Waals surface area contributed by atoms with Gasteiger partial charge in [-0.15, -0.1) is 22.7 Å². The lowest BCUT2D eigenvalue weighted by molar-refractivity contribution is -0.139. The highest BCUT2D eigenvalue weighted by atomic mass is 32.1. The predicted molar refractivity (Wildman–Crippen MR) is 150 cm³/mol. The van der Waals surface area contributed by atoms with Crippen LogP contribution < -0.4 is 20.1 Å². The van der Waals surface area contributed by atoms with E-state index in [0.717, 1.165) is 16.2 Å². The molecule has 0 aliphatic carbocycles. The molecule has 0 unspecified atom stereocenters. The third-order valence-electron chi connectivity index (χ3n) is 6.51. The summed E-state index contributed by atoms with van der Waals surface area (Å²) in [6.45, 7) is 4.58. The Hall–Kier alpha value is -3.57. The summed E-state index contributed by atoms with van der Waals surface area (Å²) < 4.78 is 10.8. The summed E-state index contributed by atoms with van der Waals surface area (Å²) in [5, 5.41) is 19.5. The number of thiophene rings is 2. The Bertz CT molecular complexity index is 1230. The molecule has 3 heterocycles. The van der Waals surface area contributed by atoms with E-state index >= 15 is 0 Å². The van der Waals surface area contributed by atoms with E-state index in [4.69, 9.17) is 9.47 Å². The lowest BCUT2D eigenvalue weighted by Crippen LogP contribution is -2.55. The number of ether oxygens (including phenoxy) is 2. The summed E-state index contributed by atoms with van der Waals surface area (Å²) in [4.78, 5) is 42.8. The number of fused-ring (bicyclic) bond motifs is 1. The zero-order valence-corrected chi connectivity index (χ0v) is 23.6. The summed E-state index contributed by atoms with van der Waals surface area (Å²) in [5.74, 6) is -0.451. The molecule has 3 amide bonds. The maximum atomic E-state index is 13.7. The molecule has 0 saturated heterocycles. The van der Waals surface area contributed by atoms with Crippen molar-refractivity contribution in [3.63, 3.8) is 0 Å². The van der Waals surface area contributed by atoms with Gasteiger partial charge in [0.15, 0.2) is 11.5 Å². The lowest BCUT2D eigenvalue weighted by atomic mass is 9.87. The maximum Gasteiger partial charge on any atom is 0.318 e. The molecule has 1 aliphatic rings. The molecule has 208 valence electrons. The van der Waals surface area contributed by atoms with Crippen LogP contribution in [0.5, 0.6) is 11.5 Å². The van der Waals surface area contributed by atoms with Crippen LogP contribution in [0.4, 0.5) is 4.79 Å². The second kappa shape index (κ2) is 13.0. The first-order valence-electron chi connectivity index (χ1n) is 12.8. The highest BCUT2D eigenvalue weighted by Gasteiger charge is 2.35. The average Bonchev–Trinajstić information content (AvgIpc) is 3.68. The van der Waals surface area contributed by atoms with Gasteiger partial charge in [0.25, 0.3) is 0 Å². The fourth-order valence-electron chi connectivity index (χ4n) is 4.42. The van der Waals surface area contributed by atoms with Crippen molar-refractivity contribution < 1.29 is 29.0 Å². The molecule has 0 fully saturated rings. The first kappa shape index (κ1) is 28.4. The third-order valence-corrected chi connectivity index (χ3v) is 8.24. The van der Waals surface area contributed by atoms with Gasteiger partial charge in [-0.25, -0.2) is 4.79 Å². The van der Waals surface area contributed by atoms with Crippen molar-refractivity contribution in [2.75, 3.05) is 6.79 Å². The summed E-state index contributed by atoms with van der Waals surface area (Å²) in [6.07, 6.45) is 1.62. The van der Waals surface area contributed by atoms with Gasteiger partial charge in [0.2, 0.25) is 12.7 Å². The fourth-order valence-corrected chi connectivity index (χ4v) is 5.86. The van der Waals surface area contributed by atoms with Gasteiger partial charge in [-0.3, -0.25) is 9.59 Å². The highest BCUT2D eigenvalue weighted by Crippen LogP contribution is 2.37. The number of carboxylic acid groups (broad SMARTS) is 1. The number of rotatable bonds is 13. The van der Waals surface area contributed by atoms with Crippen LogP contribution in [0.1, 0.15) is 54.8 Å². The normalized spacial score (nSPS) is 14.3. The van der Waals surface area contributed by atoms with Gasteiger partial charge in [-0.05, 0) is 53.9 Å². The molecule has 2 aromatic heterocycles. The highest BCUT2D eigenvalue weighted by molar-refractivity contribution is 7.10. The molecule has 39 heavy (non-hydrogen) atoms. The smallest absolute Gasteiger partial charge is 0.318 e. The second-order valence-corrected chi connectivity index (χ2v) is 11.7. The first-order valence-corrected chi connectivity index (χ1v) is 14.6. The zero-order valence-electron chi connectivity index (χ0n) is 22.0. The topological polar surface area (TPSA) is 117 Å². The van der Waals surface area contributed by atoms with Crippen molar-refractivity contribution in [2.24, 2.45) is 0 Å². The number of aliphatic carboxylic acids is 1. The minimum Gasteiger partial charge on any atom is -0.481 e. The molecular formula is C28H33N3O6S2. The summed E-state index contributed by atoms with van der Waals surface area (Å²) in [7, 11) is 0. The Morgan fingerprint density at radius 3 is 2.31 bits per heavy atom. The SMILES string of the molecule is CCCC[C@H](NC(=O)N(Cc1cccs1)Cc1cccs1)C(=O)N[C@](C)(CC(=O)O)c1ccc2c(c1)OCO2. The van der Waals surface area contributed by atoms with Gasteiger partial charge in [0, 0.05) is 9.75 Å². The van der Waals surface area contributed by atoms with Crippen LogP contribution >= 0.6 is 22.7 Å². The number of carboxylic acids is 1. The number of carbonyl (C=O) groups excluding carboxylic acids is 2. The number of urea groups is 1. The number of amides is 3. The molecule has 0 bridgehead atoms. The molecule has 0 saturated carbocycles. The monoisotopic (exact) mass is 571 g/mol. The summed E-state index contributed by atoms with van der Waals surface area (Å²) in [5.41, 5.74) is -0.674. The standard InChI is InChI=1S/C28H33N3O6S2/c1-3-4-9-22(29-27(35)31(16-20-7-5-12-38-20)17-21-8-6-13-39-21)26(34)30-28(2,15-25(32)33)19-10-11-23-24(14-19)37-18-36-23/h5-8,10-14,22H,3-4,9,15-18H2,1-2H3,(H,29,35)(H,30,34)(H,32,33)/t22-,28+/m0/s1. The predicted octanol–water partition coefficient (Wildman–Crippen LogP) is 5.32. The van der Waals surface area contributed by atoms with Gasteiger partial charge in [-0.1, -0.05) is 38.0 Å². The number of unbranched alkanes of at least 4 members (excludes halogenated alkanes) is 1. The molecule has 1 aromatic carbocycles. The van der Waals surface area contributed by atoms with Crippen molar-refractivity contribution in [3.05, 3.63) is 68.5 Å². The van der Waals surface area contributed by atoms with Gasteiger partial charge in [-0.2, -0.15) is 0 Å². The van der Waals surface area contributed by atoms with Crippen molar-refractivity contribution in [1.29, 1.82) is 0 Å². The Balaban J connectivity index is 1.54. The summed E-state index contributed by atoms with van der Waals surface area (Å²) in [6, 6.07) is 11.8. The minimum atomic E-state index is -1.24. The molecule has 9 nitrogen and oxygen atoms in total. The van der Waals surface area contributed by atoms with Crippen molar-refractivity contribution in [1.82, 2.24) is 15.5 Å². The van der Waals surface area contributed by atoms with Gasteiger partial charge < -0.3 is 30.1 Å². The largest absolute Gasteiger partial charge is 0.481 e. The minimum absolute atomic E-state index is 0.0827. The number of nitrogens with zero attached hydrogens (tertiary/aromatic N) is 1. The molecule has 2 atom stereocenters. The Kier molecular flexibility index (Phi) is 9.47. The maximum absolute atomic E-state index is 13.7. The van der Waals surface area contributed by atoms with Crippen LogP contribution in [0, 0.1) is 0 Å². The van der Waals surface area contributed by atoms with Crippen molar-refractivity contribution in [3.8, 4) is 11.5 Å². The van der Waals surface area contributed by atoms with Crippen LogP contribution in [-0.4, -0.2) is 40.7 Å². The van der Waals surface area contributed by atoms with Gasteiger partial charge in [0.1, 0.15) is 6.04 Å². The van der Waals surface area contributed by atoms with Crippen molar-refractivity contribution >= 4 is 40.6 Å². The third kappa shape index (κ3) is 7.51. The average molecular weight is 572 g/mol. The number of carbonyl (C=O) groups is 3. The molecule has 3 aromatic rings. The van der Waals surface area contributed by atoms with Gasteiger partial charge >= 0.3 is 12.0 Å².